The molecule has 0 N–H and O–H groups in total. The first-order valence-electron chi connectivity index (χ1n) is 8.13. The largest absolute Gasteiger partial charge is 0.311 e. The van der Waals surface area contributed by atoms with E-state index < -0.39 is 0 Å². The highest BCUT2D eigenvalue weighted by Gasteiger charge is 2.12. The first-order chi connectivity index (χ1) is 11.8. The topological polar surface area (TPSA) is 3.24 Å². The summed E-state index contributed by atoms with van der Waals surface area (Å²) >= 11 is 0. The van der Waals surface area contributed by atoms with Gasteiger partial charge in [-0.1, -0.05) is 74.7 Å². The van der Waals surface area contributed by atoms with E-state index in [0.29, 0.717) is 0 Å². The highest BCUT2D eigenvalue weighted by atomic mass is 15.1. The number of allylic oxidation sites excluding steroid dienone is 4. The molecule has 0 bridgehead atoms. The molecule has 0 heterocycles. The Labute approximate surface area is 151 Å². The van der Waals surface area contributed by atoms with Crippen LogP contribution >= 0.6 is 0 Å². The molecule has 3 rings (SSSR count). The van der Waals surface area contributed by atoms with Crippen LogP contribution in [0, 0.1) is 0 Å². The second-order valence-electron chi connectivity index (χ2n) is 5.52. The normalized spacial score (nSPS) is 11.3. The quantitative estimate of drug-likeness (QED) is 0.446. The van der Waals surface area contributed by atoms with Crippen LogP contribution in [0.15, 0.2) is 109 Å². The van der Waals surface area contributed by atoms with Gasteiger partial charge in [0.05, 0.1) is 0 Å². The molecule has 25 heavy (non-hydrogen) atoms. The number of para-hydroxylation sites is 1. The fourth-order valence-electron chi connectivity index (χ4n) is 2.77. The van der Waals surface area contributed by atoms with E-state index in [1.165, 1.54) is 10.8 Å². The van der Waals surface area contributed by atoms with E-state index >= 15 is 0 Å². The molecule has 0 fully saturated rings. The number of hydrogen-bond donors (Lipinski definition) is 0. The summed E-state index contributed by atoms with van der Waals surface area (Å²) in [6.07, 6.45) is 8.03. The lowest BCUT2D eigenvalue weighted by Gasteiger charge is -2.26. The molecule has 126 valence electrons. The van der Waals surface area contributed by atoms with Crippen molar-refractivity contribution in [1.29, 1.82) is 0 Å². The highest BCUT2D eigenvalue weighted by Crippen LogP contribution is 2.32. The summed E-state index contributed by atoms with van der Waals surface area (Å²) in [5.41, 5.74) is 3.27. The van der Waals surface area contributed by atoms with Gasteiger partial charge in [-0.05, 0) is 54.1 Å². The van der Waals surface area contributed by atoms with E-state index in [-0.39, 0.29) is 7.43 Å². The molecule has 0 aliphatic heterocycles. The molecule has 0 saturated carbocycles. The van der Waals surface area contributed by atoms with Crippen LogP contribution < -0.4 is 4.90 Å². The number of benzene rings is 3. The van der Waals surface area contributed by atoms with Crippen molar-refractivity contribution in [3.05, 3.63) is 109 Å². The second kappa shape index (κ2) is 8.70. The average Bonchev–Trinajstić information content (AvgIpc) is 2.65. The third kappa shape index (κ3) is 4.07. The Morgan fingerprint density at radius 2 is 1.52 bits per heavy atom. The van der Waals surface area contributed by atoms with Crippen molar-refractivity contribution in [2.75, 3.05) is 4.90 Å². The van der Waals surface area contributed by atoms with Crippen LogP contribution in [0.25, 0.3) is 10.8 Å². The smallest absolute Gasteiger partial charge is 0.0467 e. The van der Waals surface area contributed by atoms with E-state index in [1.54, 1.807) is 0 Å². The lowest BCUT2D eigenvalue weighted by atomic mass is 10.1. The van der Waals surface area contributed by atoms with Gasteiger partial charge in [0.15, 0.2) is 0 Å². The Morgan fingerprint density at radius 3 is 2.20 bits per heavy atom. The molecule has 0 atom stereocenters. The maximum absolute atomic E-state index is 4.00. The molecule has 0 aliphatic carbocycles. The van der Waals surface area contributed by atoms with Crippen LogP contribution in [0.5, 0.6) is 0 Å². The van der Waals surface area contributed by atoms with Crippen LogP contribution in [-0.4, -0.2) is 0 Å². The Kier molecular flexibility index (Phi) is 6.36. The Morgan fingerprint density at radius 1 is 0.840 bits per heavy atom. The van der Waals surface area contributed by atoms with Crippen LogP contribution in [0.2, 0.25) is 0 Å². The number of fused-ring (bicyclic) bond motifs is 1. The van der Waals surface area contributed by atoms with Gasteiger partial charge in [-0.15, -0.1) is 0 Å². The zero-order chi connectivity index (χ0) is 16.8. The minimum atomic E-state index is 0. The van der Waals surface area contributed by atoms with Gasteiger partial charge in [0, 0.05) is 17.1 Å². The summed E-state index contributed by atoms with van der Waals surface area (Å²) < 4.78 is 0. The van der Waals surface area contributed by atoms with Gasteiger partial charge in [-0.3, -0.25) is 0 Å². The third-order valence-electron chi connectivity index (χ3n) is 3.93. The van der Waals surface area contributed by atoms with Gasteiger partial charge in [0.25, 0.3) is 0 Å². The molecular weight excluding hydrogens is 302 g/mol. The van der Waals surface area contributed by atoms with Gasteiger partial charge >= 0.3 is 0 Å². The predicted octanol–water partition coefficient (Wildman–Crippen LogP) is 7.26. The number of hydrogen-bond acceptors (Lipinski definition) is 1. The van der Waals surface area contributed by atoms with Crippen LogP contribution in [0.1, 0.15) is 14.4 Å². The maximum atomic E-state index is 4.00. The van der Waals surface area contributed by atoms with Crippen molar-refractivity contribution in [2.45, 2.75) is 14.4 Å². The SMILES string of the molecule is C.C=C/C(=C\C=C\C)N(c1ccccc1)c1ccc2ccccc2c1. The van der Waals surface area contributed by atoms with E-state index in [4.69, 9.17) is 0 Å². The molecule has 0 aromatic heterocycles. The summed E-state index contributed by atoms with van der Waals surface area (Å²) in [6.45, 7) is 6.02. The minimum Gasteiger partial charge on any atom is -0.311 e. The van der Waals surface area contributed by atoms with Crippen molar-refractivity contribution < 1.29 is 0 Å². The summed E-state index contributed by atoms with van der Waals surface area (Å²) in [5, 5.41) is 2.47. The summed E-state index contributed by atoms with van der Waals surface area (Å²) in [6, 6.07) is 25.3. The van der Waals surface area contributed by atoms with E-state index in [2.05, 4.69) is 84.3 Å². The van der Waals surface area contributed by atoms with Crippen molar-refractivity contribution in [3.8, 4) is 0 Å². The van der Waals surface area contributed by atoms with Crippen LogP contribution in [0.3, 0.4) is 0 Å². The fraction of sp³-hybridized carbons (Fsp3) is 0.0833. The molecule has 0 amide bonds. The molecule has 0 aliphatic rings. The molecule has 0 radical (unpaired) electrons. The van der Waals surface area contributed by atoms with E-state index in [0.717, 1.165) is 17.1 Å². The molecule has 3 aromatic carbocycles. The first-order valence-corrected chi connectivity index (χ1v) is 8.13. The second-order valence-corrected chi connectivity index (χ2v) is 5.52. The molecular formula is C24H25N. The molecule has 0 spiro atoms. The number of anilines is 2. The van der Waals surface area contributed by atoms with Gasteiger partial charge < -0.3 is 4.90 Å². The van der Waals surface area contributed by atoms with Gasteiger partial charge in [-0.25, -0.2) is 0 Å². The standard InChI is InChI=1S/C23H21N.CH4/c1-3-5-13-21(4-2)24(22-14-7-6-8-15-22)23-17-16-19-11-9-10-12-20(19)18-23;/h3-18H,2H2,1H3;1H4/b5-3+,21-13+;. The fourth-order valence-corrected chi connectivity index (χ4v) is 2.77. The lowest BCUT2D eigenvalue weighted by Crippen LogP contribution is -2.14. The van der Waals surface area contributed by atoms with Crippen molar-refractivity contribution in [2.24, 2.45) is 0 Å². The van der Waals surface area contributed by atoms with Crippen molar-refractivity contribution in [3.63, 3.8) is 0 Å². The Hall–Kier alpha value is -3.06. The molecule has 1 heteroatoms. The molecule has 3 aromatic rings. The molecule has 0 unspecified atom stereocenters. The zero-order valence-corrected chi connectivity index (χ0v) is 13.9. The van der Waals surface area contributed by atoms with Gasteiger partial charge in [0.2, 0.25) is 0 Å². The van der Waals surface area contributed by atoms with Crippen molar-refractivity contribution in [1.82, 2.24) is 0 Å². The zero-order valence-electron chi connectivity index (χ0n) is 13.9. The van der Waals surface area contributed by atoms with Gasteiger partial charge in [0.1, 0.15) is 0 Å². The first kappa shape index (κ1) is 18.3. The third-order valence-corrected chi connectivity index (χ3v) is 3.93. The van der Waals surface area contributed by atoms with Crippen molar-refractivity contribution >= 4 is 22.1 Å². The molecule has 0 saturated heterocycles. The summed E-state index contributed by atoms with van der Waals surface area (Å²) in [7, 11) is 0. The molecule has 1 nitrogen and oxygen atoms in total. The highest BCUT2D eigenvalue weighted by molar-refractivity contribution is 5.87. The Bertz CT molecular complexity index is 888. The summed E-state index contributed by atoms with van der Waals surface area (Å²) in [4.78, 5) is 2.22. The monoisotopic (exact) mass is 327 g/mol. The Balaban J connectivity index is 0.00000225. The number of rotatable bonds is 5. The van der Waals surface area contributed by atoms with E-state index in [9.17, 15) is 0 Å². The average molecular weight is 327 g/mol. The lowest BCUT2D eigenvalue weighted by molar-refractivity contribution is 1.21. The summed E-state index contributed by atoms with van der Waals surface area (Å²) in [5.74, 6) is 0. The van der Waals surface area contributed by atoms with Crippen LogP contribution in [0.4, 0.5) is 11.4 Å². The predicted molar refractivity (Wildman–Crippen MR) is 112 cm³/mol. The minimum absolute atomic E-state index is 0. The maximum Gasteiger partial charge on any atom is 0.0467 e. The van der Waals surface area contributed by atoms with Crippen LogP contribution in [-0.2, 0) is 0 Å². The van der Waals surface area contributed by atoms with Gasteiger partial charge in [-0.2, -0.15) is 0 Å². The van der Waals surface area contributed by atoms with E-state index in [1.807, 2.05) is 31.2 Å². The number of nitrogens with zero attached hydrogens (tertiary/aromatic N) is 1.